The average Bonchev–Trinajstić information content (AvgIpc) is 2.32. The summed E-state index contributed by atoms with van der Waals surface area (Å²) in [5, 5.41) is 0. The Hall–Kier alpha value is -0.970. The molecule has 2 heterocycles. The molecule has 0 aromatic carbocycles. The zero-order valence-corrected chi connectivity index (χ0v) is 10.0. The Kier molecular flexibility index (Phi) is 3.53. The Balaban J connectivity index is 2.11. The van der Waals surface area contributed by atoms with Gasteiger partial charge in [-0.2, -0.15) is 0 Å². The summed E-state index contributed by atoms with van der Waals surface area (Å²) in [6, 6.07) is 4.42. The van der Waals surface area contributed by atoms with Crippen LogP contribution in [0.25, 0.3) is 0 Å². The van der Waals surface area contributed by atoms with Gasteiger partial charge in [0.2, 0.25) is 0 Å². The Morgan fingerprint density at radius 2 is 2.25 bits per heavy atom. The lowest BCUT2D eigenvalue weighted by atomic mass is 9.99. The van der Waals surface area contributed by atoms with Gasteiger partial charge in [0.05, 0.1) is 0 Å². The highest BCUT2D eigenvalue weighted by Crippen LogP contribution is 2.20. The predicted octanol–water partition coefficient (Wildman–Crippen LogP) is 0.327. The highest BCUT2D eigenvalue weighted by molar-refractivity contribution is 5.16. The van der Waals surface area contributed by atoms with E-state index < -0.39 is 0 Å². The maximum atomic E-state index is 6.31. The van der Waals surface area contributed by atoms with E-state index >= 15 is 0 Å². The second-order valence-electron chi connectivity index (χ2n) is 4.62. The molecule has 0 radical (unpaired) electrons. The number of hydrogen-bond acceptors (Lipinski definition) is 4. The molecule has 1 saturated heterocycles. The van der Waals surface area contributed by atoms with E-state index in [2.05, 4.69) is 34.9 Å². The van der Waals surface area contributed by atoms with Crippen LogP contribution >= 0.6 is 0 Å². The summed E-state index contributed by atoms with van der Waals surface area (Å²) in [7, 11) is 4.30. The highest BCUT2D eigenvalue weighted by atomic mass is 15.3. The van der Waals surface area contributed by atoms with E-state index in [4.69, 9.17) is 5.73 Å². The van der Waals surface area contributed by atoms with Gasteiger partial charge >= 0.3 is 0 Å². The van der Waals surface area contributed by atoms with Crippen LogP contribution in [0.4, 0.5) is 0 Å². The summed E-state index contributed by atoms with van der Waals surface area (Å²) in [4.78, 5) is 8.81. The van der Waals surface area contributed by atoms with Crippen LogP contribution in [0.5, 0.6) is 0 Å². The summed E-state index contributed by atoms with van der Waals surface area (Å²) >= 11 is 0. The van der Waals surface area contributed by atoms with Gasteiger partial charge in [0, 0.05) is 44.1 Å². The Morgan fingerprint density at radius 1 is 1.44 bits per heavy atom. The number of aromatic nitrogens is 1. The van der Waals surface area contributed by atoms with Crippen molar-refractivity contribution < 1.29 is 0 Å². The fraction of sp³-hybridized carbons (Fsp3) is 0.583. The molecular formula is C12H20N4. The van der Waals surface area contributed by atoms with Crippen LogP contribution in [0.1, 0.15) is 11.6 Å². The van der Waals surface area contributed by atoms with Crippen molar-refractivity contribution in [2.24, 2.45) is 5.73 Å². The number of nitrogens with two attached hydrogens (primary N) is 1. The van der Waals surface area contributed by atoms with E-state index in [-0.39, 0.29) is 6.04 Å². The lowest BCUT2D eigenvalue weighted by Gasteiger charge is -2.40. The standard InChI is InChI=1S/C12H20N4/c1-15-6-7-16(2)11(9-15)12(13)10-4-3-5-14-8-10/h3-5,8,11-12H,6-7,9,13H2,1-2H3. The molecule has 0 amide bonds. The summed E-state index contributed by atoms with van der Waals surface area (Å²) in [5.41, 5.74) is 7.43. The van der Waals surface area contributed by atoms with Gasteiger partial charge in [0.1, 0.15) is 0 Å². The summed E-state index contributed by atoms with van der Waals surface area (Å²) in [6.45, 7) is 3.22. The van der Waals surface area contributed by atoms with Crippen molar-refractivity contribution in [1.82, 2.24) is 14.8 Å². The van der Waals surface area contributed by atoms with E-state index in [1.807, 2.05) is 12.3 Å². The first kappa shape index (κ1) is 11.5. The molecule has 2 rings (SSSR count). The molecule has 1 aliphatic rings. The van der Waals surface area contributed by atoms with Gasteiger partial charge in [0.25, 0.3) is 0 Å². The van der Waals surface area contributed by atoms with E-state index in [1.54, 1.807) is 6.20 Å². The van der Waals surface area contributed by atoms with E-state index in [0.717, 1.165) is 25.2 Å². The second-order valence-corrected chi connectivity index (χ2v) is 4.62. The van der Waals surface area contributed by atoms with Crippen molar-refractivity contribution in [2.45, 2.75) is 12.1 Å². The van der Waals surface area contributed by atoms with Gasteiger partial charge in [-0.1, -0.05) is 6.07 Å². The van der Waals surface area contributed by atoms with Crippen LogP contribution in [0.3, 0.4) is 0 Å². The molecule has 1 aliphatic heterocycles. The molecule has 2 atom stereocenters. The van der Waals surface area contributed by atoms with E-state index in [9.17, 15) is 0 Å². The van der Waals surface area contributed by atoms with Crippen molar-refractivity contribution in [2.75, 3.05) is 33.7 Å². The first-order chi connectivity index (χ1) is 7.68. The summed E-state index contributed by atoms with van der Waals surface area (Å²) in [6.07, 6.45) is 3.65. The molecule has 4 nitrogen and oxygen atoms in total. The lowest BCUT2D eigenvalue weighted by Crippen LogP contribution is -2.54. The van der Waals surface area contributed by atoms with Crippen LogP contribution in [0, 0.1) is 0 Å². The van der Waals surface area contributed by atoms with Gasteiger partial charge in [-0.3, -0.25) is 9.88 Å². The lowest BCUT2D eigenvalue weighted by molar-refractivity contribution is 0.0973. The minimum atomic E-state index is 0.0430. The molecule has 0 bridgehead atoms. The number of piperazine rings is 1. The topological polar surface area (TPSA) is 45.4 Å². The molecule has 1 fully saturated rings. The van der Waals surface area contributed by atoms with E-state index in [1.165, 1.54) is 0 Å². The van der Waals surface area contributed by atoms with Crippen molar-refractivity contribution >= 4 is 0 Å². The normalized spacial score (nSPS) is 25.6. The molecule has 4 heteroatoms. The molecule has 0 saturated carbocycles. The third-order valence-corrected chi connectivity index (χ3v) is 3.38. The molecule has 1 aromatic rings. The fourth-order valence-electron chi connectivity index (χ4n) is 2.23. The SMILES string of the molecule is CN1CCN(C)C(C(N)c2cccnc2)C1. The maximum Gasteiger partial charge on any atom is 0.0480 e. The van der Waals surface area contributed by atoms with Gasteiger partial charge in [-0.05, 0) is 25.7 Å². The van der Waals surface area contributed by atoms with Crippen LogP contribution in [0.15, 0.2) is 24.5 Å². The molecular weight excluding hydrogens is 200 g/mol. The van der Waals surface area contributed by atoms with Crippen molar-refractivity contribution in [3.8, 4) is 0 Å². The maximum absolute atomic E-state index is 6.31. The molecule has 1 aromatic heterocycles. The zero-order chi connectivity index (χ0) is 11.5. The number of rotatable bonds is 2. The molecule has 2 unspecified atom stereocenters. The minimum Gasteiger partial charge on any atom is -0.323 e. The number of nitrogens with zero attached hydrogens (tertiary/aromatic N) is 3. The Labute approximate surface area is 97.1 Å². The fourth-order valence-corrected chi connectivity index (χ4v) is 2.23. The third-order valence-electron chi connectivity index (χ3n) is 3.38. The predicted molar refractivity (Wildman–Crippen MR) is 65.1 cm³/mol. The second kappa shape index (κ2) is 4.91. The molecule has 2 N–H and O–H groups in total. The van der Waals surface area contributed by atoms with Gasteiger partial charge < -0.3 is 10.6 Å². The largest absolute Gasteiger partial charge is 0.323 e. The van der Waals surface area contributed by atoms with Crippen LogP contribution in [-0.4, -0.2) is 54.6 Å². The Morgan fingerprint density at radius 3 is 2.94 bits per heavy atom. The highest BCUT2D eigenvalue weighted by Gasteiger charge is 2.28. The molecule has 88 valence electrons. The van der Waals surface area contributed by atoms with E-state index in [0.29, 0.717) is 6.04 Å². The van der Waals surface area contributed by atoms with Gasteiger partial charge in [0.15, 0.2) is 0 Å². The van der Waals surface area contributed by atoms with Crippen LogP contribution < -0.4 is 5.73 Å². The zero-order valence-electron chi connectivity index (χ0n) is 10.0. The summed E-state index contributed by atoms with van der Waals surface area (Å²) < 4.78 is 0. The molecule has 0 aliphatic carbocycles. The average molecular weight is 220 g/mol. The third kappa shape index (κ3) is 2.40. The number of pyridine rings is 1. The van der Waals surface area contributed by atoms with Gasteiger partial charge in [-0.15, -0.1) is 0 Å². The number of likely N-dealkylation sites (N-methyl/N-ethyl adjacent to an activating group) is 2. The smallest absolute Gasteiger partial charge is 0.0480 e. The Bertz CT molecular complexity index is 327. The van der Waals surface area contributed by atoms with Gasteiger partial charge in [-0.25, -0.2) is 0 Å². The molecule has 16 heavy (non-hydrogen) atoms. The first-order valence-electron chi connectivity index (χ1n) is 5.73. The quantitative estimate of drug-likeness (QED) is 0.780. The van der Waals surface area contributed by atoms with Crippen LogP contribution in [-0.2, 0) is 0 Å². The minimum absolute atomic E-state index is 0.0430. The summed E-state index contributed by atoms with van der Waals surface area (Å²) in [5.74, 6) is 0. The number of hydrogen-bond donors (Lipinski definition) is 1. The van der Waals surface area contributed by atoms with Crippen molar-refractivity contribution in [3.05, 3.63) is 30.1 Å². The molecule has 0 spiro atoms. The monoisotopic (exact) mass is 220 g/mol. The first-order valence-corrected chi connectivity index (χ1v) is 5.73. The van der Waals surface area contributed by atoms with Crippen molar-refractivity contribution in [3.63, 3.8) is 0 Å². The van der Waals surface area contributed by atoms with Crippen LogP contribution in [0.2, 0.25) is 0 Å². The van der Waals surface area contributed by atoms with Crippen molar-refractivity contribution in [1.29, 1.82) is 0 Å².